The van der Waals surface area contributed by atoms with Crippen LogP contribution in [0.1, 0.15) is 22.6 Å². The van der Waals surface area contributed by atoms with Gasteiger partial charge in [0.1, 0.15) is 5.75 Å². The smallest absolute Gasteiger partial charge is 0.124 e. The van der Waals surface area contributed by atoms with Crippen molar-refractivity contribution in [3.63, 3.8) is 0 Å². The van der Waals surface area contributed by atoms with Gasteiger partial charge in [0, 0.05) is 29.6 Å². The summed E-state index contributed by atoms with van der Waals surface area (Å²) in [5, 5.41) is 4.25. The summed E-state index contributed by atoms with van der Waals surface area (Å²) in [6, 6.07) is 14.4. The van der Waals surface area contributed by atoms with Crippen LogP contribution in [0.3, 0.4) is 0 Å². The van der Waals surface area contributed by atoms with Crippen LogP contribution in [0.4, 0.5) is 0 Å². The van der Waals surface area contributed by atoms with Gasteiger partial charge >= 0.3 is 0 Å². The minimum atomic E-state index is 0.625. The molecule has 0 fully saturated rings. The van der Waals surface area contributed by atoms with Gasteiger partial charge in [-0.1, -0.05) is 41.9 Å². The fraction of sp³-hybridized carbons (Fsp3) is 0.294. The molecule has 2 aromatic carbocycles. The lowest BCUT2D eigenvalue weighted by Crippen LogP contribution is -2.29. The van der Waals surface area contributed by atoms with E-state index in [1.54, 1.807) is 7.11 Å². The van der Waals surface area contributed by atoms with Crippen LogP contribution in [0.5, 0.6) is 5.75 Å². The predicted molar refractivity (Wildman–Crippen MR) is 82.6 cm³/mol. The summed E-state index contributed by atoms with van der Waals surface area (Å²) in [4.78, 5) is 0. The Hall–Kier alpha value is -1.51. The van der Waals surface area contributed by atoms with Crippen LogP contribution in [0, 0.1) is 0 Å². The van der Waals surface area contributed by atoms with Gasteiger partial charge in [0.2, 0.25) is 0 Å². The zero-order valence-electron chi connectivity index (χ0n) is 11.5. The van der Waals surface area contributed by atoms with Crippen molar-refractivity contribution >= 4 is 11.6 Å². The van der Waals surface area contributed by atoms with Gasteiger partial charge in [-0.2, -0.15) is 0 Å². The molecule has 1 unspecified atom stereocenters. The van der Waals surface area contributed by atoms with Gasteiger partial charge in [-0.15, -0.1) is 0 Å². The van der Waals surface area contributed by atoms with E-state index in [-0.39, 0.29) is 0 Å². The maximum Gasteiger partial charge on any atom is 0.124 e. The van der Waals surface area contributed by atoms with Gasteiger partial charge in [0.25, 0.3) is 0 Å². The molecule has 0 amide bonds. The van der Waals surface area contributed by atoms with Crippen LogP contribution in [-0.2, 0) is 13.0 Å². The van der Waals surface area contributed by atoms with E-state index in [1.807, 2.05) is 18.2 Å². The van der Waals surface area contributed by atoms with E-state index in [0.29, 0.717) is 5.92 Å². The van der Waals surface area contributed by atoms with Crippen LogP contribution in [0.15, 0.2) is 42.5 Å². The monoisotopic (exact) mass is 287 g/mol. The average molecular weight is 288 g/mol. The molecule has 0 saturated carbocycles. The predicted octanol–water partition coefficient (Wildman–Crippen LogP) is 3.78. The Bertz CT molecular complexity index is 612. The van der Waals surface area contributed by atoms with Gasteiger partial charge in [-0.05, 0) is 29.7 Å². The second-order valence-corrected chi connectivity index (χ2v) is 5.56. The van der Waals surface area contributed by atoms with Crippen molar-refractivity contribution in [1.82, 2.24) is 5.32 Å². The Labute approximate surface area is 124 Å². The highest BCUT2D eigenvalue weighted by molar-refractivity contribution is 6.31. The first-order valence-corrected chi connectivity index (χ1v) is 7.27. The number of methoxy groups -OCH3 is 1. The van der Waals surface area contributed by atoms with Crippen molar-refractivity contribution in [1.29, 1.82) is 0 Å². The van der Waals surface area contributed by atoms with Crippen molar-refractivity contribution in [3.05, 3.63) is 64.2 Å². The molecule has 0 heterocycles. The SMILES string of the molecule is COc1cccc(Cl)c1CNCC1Cc2ccccc21. The molecule has 2 aromatic rings. The molecule has 0 bridgehead atoms. The van der Waals surface area contributed by atoms with Crippen LogP contribution in [-0.4, -0.2) is 13.7 Å². The van der Waals surface area contributed by atoms with E-state index in [2.05, 4.69) is 29.6 Å². The third-order valence-corrected chi connectivity index (χ3v) is 4.30. The number of nitrogens with one attached hydrogen (secondary N) is 1. The Morgan fingerprint density at radius 3 is 2.85 bits per heavy atom. The lowest BCUT2D eigenvalue weighted by molar-refractivity contribution is 0.406. The van der Waals surface area contributed by atoms with Crippen LogP contribution in [0.2, 0.25) is 5.02 Å². The second kappa shape index (κ2) is 5.86. The summed E-state index contributed by atoms with van der Waals surface area (Å²) in [6.45, 7) is 1.72. The molecular formula is C17H18ClNO. The minimum absolute atomic E-state index is 0.625. The lowest BCUT2D eigenvalue weighted by atomic mass is 9.77. The molecule has 3 rings (SSSR count). The van der Waals surface area contributed by atoms with E-state index < -0.39 is 0 Å². The molecule has 2 nitrogen and oxygen atoms in total. The largest absolute Gasteiger partial charge is 0.496 e. The van der Waals surface area contributed by atoms with E-state index in [0.717, 1.165) is 29.4 Å². The lowest BCUT2D eigenvalue weighted by Gasteiger charge is -2.30. The zero-order valence-corrected chi connectivity index (χ0v) is 12.3. The zero-order chi connectivity index (χ0) is 13.9. The second-order valence-electron chi connectivity index (χ2n) is 5.15. The molecule has 1 atom stereocenters. The topological polar surface area (TPSA) is 21.3 Å². The Morgan fingerprint density at radius 2 is 2.05 bits per heavy atom. The summed E-state index contributed by atoms with van der Waals surface area (Å²) in [5.74, 6) is 1.47. The number of benzene rings is 2. The van der Waals surface area contributed by atoms with Crippen LogP contribution in [0.25, 0.3) is 0 Å². The van der Waals surface area contributed by atoms with Gasteiger partial charge < -0.3 is 10.1 Å². The van der Waals surface area contributed by atoms with Crippen molar-refractivity contribution in [2.75, 3.05) is 13.7 Å². The van der Waals surface area contributed by atoms with E-state index >= 15 is 0 Å². The number of ether oxygens (including phenoxy) is 1. The Kier molecular flexibility index (Phi) is 3.95. The van der Waals surface area contributed by atoms with Gasteiger partial charge in [0.15, 0.2) is 0 Å². The van der Waals surface area contributed by atoms with Crippen molar-refractivity contribution < 1.29 is 4.74 Å². The first kappa shape index (κ1) is 13.5. The molecule has 1 aliphatic rings. The fourth-order valence-corrected chi connectivity index (χ4v) is 3.05. The van der Waals surface area contributed by atoms with Gasteiger partial charge in [-0.25, -0.2) is 0 Å². The Balaban J connectivity index is 1.59. The van der Waals surface area contributed by atoms with Crippen molar-refractivity contribution in [3.8, 4) is 5.75 Å². The molecule has 1 aliphatic carbocycles. The molecule has 1 N–H and O–H groups in total. The molecule has 0 aliphatic heterocycles. The molecule has 0 aromatic heterocycles. The maximum atomic E-state index is 6.23. The number of hydrogen-bond acceptors (Lipinski definition) is 2. The summed E-state index contributed by atoms with van der Waals surface area (Å²) in [5.41, 5.74) is 3.99. The summed E-state index contributed by atoms with van der Waals surface area (Å²) in [7, 11) is 1.68. The molecule has 104 valence electrons. The van der Waals surface area contributed by atoms with Crippen LogP contribution >= 0.6 is 11.6 Å². The number of rotatable bonds is 5. The standard InChI is InChI=1S/C17H18ClNO/c1-20-17-8-4-7-16(18)15(17)11-19-10-13-9-12-5-2-3-6-14(12)13/h2-8,13,19H,9-11H2,1H3. The molecular weight excluding hydrogens is 270 g/mol. The third kappa shape index (κ3) is 2.54. The highest BCUT2D eigenvalue weighted by Crippen LogP contribution is 2.34. The minimum Gasteiger partial charge on any atom is -0.496 e. The quantitative estimate of drug-likeness (QED) is 0.904. The highest BCUT2D eigenvalue weighted by Gasteiger charge is 2.24. The van der Waals surface area contributed by atoms with Crippen molar-refractivity contribution in [2.24, 2.45) is 0 Å². The molecule has 0 spiro atoms. The summed E-state index contributed by atoms with van der Waals surface area (Å²) < 4.78 is 5.36. The first-order valence-electron chi connectivity index (χ1n) is 6.89. The summed E-state index contributed by atoms with van der Waals surface area (Å²) in [6.07, 6.45) is 1.17. The van der Waals surface area contributed by atoms with E-state index in [9.17, 15) is 0 Å². The maximum absolute atomic E-state index is 6.23. The highest BCUT2D eigenvalue weighted by atomic mass is 35.5. The first-order chi connectivity index (χ1) is 9.79. The molecule has 20 heavy (non-hydrogen) atoms. The van der Waals surface area contributed by atoms with E-state index in [4.69, 9.17) is 16.3 Å². The number of hydrogen-bond donors (Lipinski definition) is 1. The summed E-state index contributed by atoms with van der Waals surface area (Å²) >= 11 is 6.23. The van der Waals surface area contributed by atoms with Gasteiger partial charge in [0.05, 0.1) is 7.11 Å². The average Bonchev–Trinajstić information content (AvgIpc) is 2.45. The Morgan fingerprint density at radius 1 is 1.20 bits per heavy atom. The fourth-order valence-electron chi connectivity index (χ4n) is 2.82. The molecule has 0 saturated heterocycles. The molecule has 0 radical (unpaired) electrons. The molecule has 3 heteroatoms. The van der Waals surface area contributed by atoms with Gasteiger partial charge in [-0.3, -0.25) is 0 Å². The van der Waals surface area contributed by atoms with E-state index in [1.165, 1.54) is 17.5 Å². The number of fused-ring (bicyclic) bond motifs is 1. The third-order valence-electron chi connectivity index (χ3n) is 3.95. The number of halogens is 1. The van der Waals surface area contributed by atoms with Crippen LogP contribution < -0.4 is 10.1 Å². The normalized spacial score (nSPS) is 16.4. The van der Waals surface area contributed by atoms with Crippen molar-refractivity contribution in [2.45, 2.75) is 18.9 Å².